The molecule has 0 saturated carbocycles. The predicted octanol–water partition coefficient (Wildman–Crippen LogP) is 4.69. The molecule has 3 nitrogen and oxygen atoms in total. The highest BCUT2D eigenvalue weighted by Crippen LogP contribution is 2.26. The second-order valence-corrected chi connectivity index (χ2v) is 7.28. The van der Waals surface area contributed by atoms with Crippen LogP contribution in [0.5, 0.6) is 0 Å². The number of hydrogen-bond acceptors (Lipinski definition) is 4. The van der Waals surface area contributed by atoms with Crippen molar-refractivity contribution in [3.8, 4) is 0 Å². The largest absolute Gasteiger partial charge is 0.352 e. The fourth-order valence-electron chi connectivity index (χ4n) is 2.41. The van der Waals surface area contributed by atoms with E-state index in [4.69, 9.17) is 0 Å². The highest BCUT2D eigenvalue weighted by atomic mass is 32.2. The van der Waals surface area contributed by atoms with E-state index in [1.54, 1.807) is 23.3 Å². The Kier molecular flexibility index (Phi) is 6.35. The maximum Gasteiger partial charge on any atom is 0.252 e. The van der Waals surface area contributed by atoms with E-state index in [0.29, 0.717) is 29.8 Å². The first kappa shape index (κ1) is 18.5. The lowest BCUT2D eigenvalue weighted by Gasteiger charge is -2.10. The molecule has 0 fully saturated rings. The molecule has 1 heterocycles. The van der Waals surface area contributed by atoms with E-state index in [2.05, 4.69) is 10.3 Å². The first-order valence-electron chi connectivity index (χ1n) is 7.94. The molecular formula is C19H16F2N2OS2. The Labute approximate surface area is 158 Å². The fourth-order valence-corrected chi connectivity index (χ4v) is 4.03. The molecule has 0 aliphatic rings. The van der Waals surface area contributed by atoms with Crippen LogP contribution in [0.2, 0.25) is 0 Å². The number of thiazole rings is 1. The van der Waals surface area contributed by atoms with Crippen LogP contribution in [0, 0.1) is 11.6 Å². The summed E-state index contributed by atoms with van der Waals surface area (Å²) in [4.78, 5) is 17.6. The molecule has 2 aromatic carbocycles. The molecule has 1 N–H and O–H groups in total. The van der Waals surface area contributed by atoms with Crippen LogP contribution in [0.1, 0.15) is 21.6 Å². The number of nitrogens with one attached hydrogen (secondary N) is 1. The number of thioether (sulfide) groups is 1. The monoisotopic (exact) mass is 390 g/mol. The van der Waals surface area contributed by atoms with Gasteiger partial charge in [-0.15, -0.1) is 23.1 Å². The summed E-state index contributed by atoms with van der Waals surface area (Å²) in [7, 11) is 0. The van der Waals surface area contributed by atoms with Gasteiger partial charge in [-0.2, -0.15) is 0 Å². The number of halogens is 2. The van der Waals surface area contributed by atoms with Crippen molar-refractivity contribution in [3.63, 3.8) is 0 Å². The van der Waals surface area contributed by atoms with Gasteiger partial charge in [0.15, 0.2) is 0 Å². The second kappa shape index (κ2) is 8.91. The molecule has 7 heteroatoms. The van der Waals surface area contributed by atoms with E-state index < -0.39 is 11.6 Å². The molecule has 26 heavy (non-hydrogen) atoms. The molecule has 0 aliphatic heterocycles. The Morgan fingerprint density at radius 3 is 2.65 bits per heavy atom. The van der Waals surface area contributed by atoms with E-state index in [-0.39, 0.29) is 5.91 Å². The highest BCUT2D eigenvalue weighted by Gasteiger charge is 2.11. The zero-order chi connectivity index (χ0) is 18.4. The summed E-state index contributed by atoms with van der Waals surface area (Å²) in [5.41, 5.74) is 3.85. The fraction of sp³-hybridized carbons (Fsp3) is 0.158. The highest BCUT2D eigenvalue weighted by molar-refractivity contribution is 7.98. The molecule has 0 atom stereocenters. The van der Waals surface area contributed by atoms with Gasteiger partial charge in [-0.25, -0.2) is 13.8 Å². The average molecular weight is 390 g/mol. The summed E-state index contributed by atoms with van der Waals surface area (Å²) >= 11 is 3.09. The summed E-state index contributed by atoms with van der Waals surface area (Å²) in [5.74, 6) is -0.746. The Balaban J connectivity index is 1.59. The molecule has 0 unspecified atom stereocenters. The van der Waals surface area contributed by atoms with Crippen LogP contribution in [-0.4, -0.2) is 17.4 Å². The minimum absolute atomic E-state index is 0.205. The third kappa shape index (κ3) is 5.12. The average Bonchev–Trinajstić information content (AvgIpc) is 3.13. The van der Waals surface area contributed by atoms with Crippen LogP contribution in [0.15, 0.2) is 58.3 Å². The number of carbonyl (C=O) groups is 1. The first-order chi connectivity index (χ1) is 12.6. The Morgan fingerprint density at radius 1 is 1.15 bits per heavy atom. The molecule has 3 rings (SSSR count). The van der Waals surface area contributed by atoms with Crippen LogP contribution in [0.25, 0.3) is 0 Å². The number of aromatic nitrogens is 1. The van der Waals surface area contributed by atoms with E-state index in [9.17, 15) is 13.6 Å². The van der Waals surface area contributed by atoms with Gasteiger partial charge in [0.2, 0.25) is 0 Å². The van der Waals surface area contributed by atoms with Gasteiger partial charge < -0.3 is 5.32 Å². The van der Waals surface area contributed by atoms with Gasteiger partial charge in [-0.3, -0.25) is 4.79 Å². The van der Waals surface area contributed by atoms with Crippen molar-refractivity contribution in [2.45, 2.75) is 17.1 Å². The third-order valence-electron chi connectivity index (χ3n) is 3.61. The summed E-state index contributed by atoms with van der Waals surface area (Å²) in [6, 6.07) is 10.7. The maximum atomic E-state index is 13.2. The van der Waals surface area contributed by atoms with Crippen molar-refractivity contribution >= 4 is 29.0 Å². The van der Waals surface area contributed by atoms with Gasteiger partial charge in [0, 0.05) is 28.6 Å². The summed E-state index contributed by atoms with van der Waals surface area (Å²) in [6.07, 6.45) is 0.356. The number of carbonyl (C=O) groups excluding carboxylic acids is 1. The van der Waals surface area contributed by atoms with E-state index in [1.165, 1.54) is 23.5 Å². The summed E-state index contributed by atoms with van der Waals surface area (Å²) in [6.45, 7) is 0.298. The minimum Gasteiger partial charge on any atom is -0.352 e. The Morgan fingerprint density at radius 2 is 1.92 bits per heavy atom. The van der Waals surface area contributed by atoms with Crippen molar-refractivity contribution in [1.82, 2.24) is 10.3 Å². The predicted molar refractivity (Wildman–Crippen MR) is 101 cm³/mol. The van der Waals surface area contributed by atoms with Gasteiger partial charge >= 0.3 is 0 Å². The van der Waals surface area contributed by atoms with Gasteiger partial charge in [0.1, 0.15) is 11.6 Å². The number of hydrogen-bond donors (Lipinski definition) is 1. The molecule has 0 saturated heterocycles. The van der Waals surface area contributed by atoms with Gasteiger partial charge in [-0.1, -0.05) is 12.1 Å². The quantitative estimate of drug-likeness (QED) is 0.595. The van der Waals surface area contributed by atoms with Crippen molar-refractivity contribution in [1.29, 1.82) is 0 Å². The zero-order valence-corrected chi connectivity index (χ0v) is 15.4. The van der Waals surface area contributed by atoms with Crippen molar-refractivity contribution in [2.24, 2.45) is 0 Å². The van der Waals surface area contributed by atoms with Crippen LogP contribution in [-0.2, 0) is 12.2 Å². The van der Waals surface area contributed by atoms with Crippen LogP contribution in [0.4, 0.5) is 8.78 Å². The molecule has 0 bridgehead atoms. The van der Waals surface area contributed by atoms with Crippen LogP contribution in [0.3, 0.4) is 0 Å². The van der Waals surface area contributed by atoms with Crippen LogP contribution < -0.4 is 5.32 Å². The molecule has 0 aliphatic carbocycles. The SMILES string of the molecule is O=C(NCCc1cc(F)cc(F)c1)c1ccccc1SCc1cscn1. The van der Waals surface area contributed by atoms with E-state index >= 15 is 0 Å². The van der Waals surface area contributed by atoms with Crippen LogP contribution >= 0.6 is 23.1 Å². The number of rotatable bonds is 7. The zero-order valence-electron chi connectivity index (χ0n) is 13.7. The Hall–Kier alpha value is -2.25. The van der Waals surface area contributed by atoms with Crippen molar-refractivity contribution in [2.75, 3.05) is 6.54 Å². The van der Waals surface area contributed by atoms with Gasteiger partial charge in [0.05, 0.1) is 16.8 Å². The van der Waals surface area contributed by atoms with Gasteiger partial charge in [-0.05, 0) is 36.2 Å². The molecule has 1 aromatic heterocycles. The van der Waals surface area contributed by atoms with E-state index in [1.807, 2.05) is 23.6 Å². The van der Waals surface area contributed by atoms with Crippen molar-refractivity contribution in [3.05, 3.63) is 81.8 Å². The smallest absolute Gasteiger partial charge is 0.252 e. The molecular weight excluding hydrogens is 374 g/mol. The lowest BCUT2D eigenvalue weighted by atomic mass is 10.1. The summed E-state index contributed by atoms with van der Waals surface area (Å²) < 4.78 is 26.4. The molecule has 3 aromatic rings. The summed E-state index contributed by atoms with van der Waals surface area (Å²) in [5, 5.41) is 4.79. The normalized spacial score (nSPS) is 10.7. The Bertz CT molecular complexity index is 865. The standard InChI is InChI=1S/C19H16F2N2OS2/c20-14-7-13(8-15(21)9-14)5-6-22-19(24)17-3-1-2-4-18(17)26-11-16-10-25-12-23-16/h1-4,7-10,12H,5-6,11H2,(H,22,24). The van der Waals surface area contributed by atoms with Gasteiger partial charge in [0.25, 0.3) is 5.91 Å². The number of nitrogens with zero attached hydrogens (tertiary/aromatic N) is 1. The number of benzene rings is 2. The second-order valence-electron chi connectivity index (χ2n) is 5.55. The topological polar surface area (TPSA) is 42.0 Å². The lowest BCUT2D eigenvalue weighted by molar-refractivity contribution is 0.0951. The number of amides is 1. The molecule has 0 radical (unpaired) electrons. The molecule has 134 valence electrons. The first-order valence-corrected chi connectivity index (χ1v) is 9.87. The lowest BCUT2D eigenvalue weighted by Crippen LogP contribution is -2.26. The molecule has 1 amide bonds. The minimum atomic E-state index is -0.616. The maximum absolute atomic E-state index is 13.2. The van der Waals surface area contributed by atoms with Crippen molar-refractivity contribution < 1.29 is 13.6 Å². The third-order valence-corrected chi connectivity index (χ3v) is 5.35. The molecule has 0 spiro atoms. The van der Waals surface area contributed by atoms with E-state index in [0.717, 1.165) is 16.7 Å².